The second-order valence-electron chi connectivity index (χ2n) is 5.82. The molecule has 2 rings (SSSR count). The highest BCUT2D eigenvalue weighted by Gasteiger charge is 2.33. The molecule has 2 N–H and O–H groups in total. The number of ether oxygens (including phenoxy) is 1. The molecule has 1 aliphatic carbocycles. The minimum atomic E-state index is -3.42. The Bertz CT molecular complexity index is 575. The first-order valence-corrected chi connectivity index (χ1v) is 9.49. The molecule has 0 unspecified atom stereocenters. The van der Waals surface area contributed by atoms with Gasteiger partial charge in [-0.3, -0.25) is 0 Å². The Morgan fingerprint density at radius 2 is 2.10 bits per heavy atom. The van der Waals surface area contributed by atoms with Gasteiger partial charge in [0.1, 0.15) is 0 Å². The van der Waals surface area contributed by atoms with Gasteiger partial charge in [-0.1, -0.05) is 13.8 Å². The summed E-state index contributed by atoms with van der Waals surface area (Å²) in [6.45, 7) is 6.70. The summed E-state index contributed by atoms with van der Waals surface area (Å²) in [6, 6.07) is 2.16. The summed E-state index contributed by atoms with van der Waals surface area (Å²) >= 11 is 1.53. The van der Waals surface area contributed by atoms with Gasteiger partial charge in [0.25, 0.3) is 0 Å². The molecule has 1 aromatic rings. The monoisotopic (exact) mass is 332 g/mol. The highest BCUT2D eigenvalue weighted by molar-refractivity contribution is 7.89. The molecule has 0 radical (unpaired) electrons. The van der Waals surface area contributed by atoms with Crippen LogP contribution in [0.4, 0.5) is 0 Å². The molecule has 1 fully saturated rings. The Hall–Kier alpha value is -0.470. The molecule has 1 aromatic heterocycles. The maximum Gasteiger partial charge on any atom is 0.241 e. The van der Waals surface area contributed by atoms with E-state index in [-0.39, 0.29) is 12.1 Å². The number of hydrogen-bond donors (Lipinski definition) is 2. The van der Waals surface area contributed by atoms with Gasteiger partial charge in [0, 0.05) is 35.5 Å². The standard InChI is InChI=1S/C14H24N2O3S2/c1-9(2)15-8-13-7-14(10(3)20-13)21(17,18)16-11-5-12(6-11)19-4/h7,9,11-12,15-16H,5-6,8H2,1-4H3. The Kier molecular flexibility index (Phi) is 5.43. The van der Waals surface area contributed by atoms with Gasteiger partial charge in [-0.25, -0.2) is 13.1 Å². The summed E-state index contributed by atoms with van der Waals surface area (Å²) in [5, 5.41) is 3.31. The number of nitrogens with one attached hydrogen (secondary N) is 2. The molecule has 1 aliphatic rings. The number of thiophene rings is 1. The highest BCUT2D eigenvalue weighted by Crippen LogP contribution is 2.29. The van der Waals surface area contributed by atoms with Crippen LogP contribution < -0.4 is 10.0 Å². The summed E-state index contributed by atoms with van der Waals surface area (Å²) in [7, 11) is -1.76. The third-order valence-electron chi connectivity index (χ3n) is 3.65. The maximum atomic E-state index is 12.4. The summed E-state index contributed by atoms with van der Waals surface area (Å²) in [4.78, 5) is 2.30. The van der Waals surface area contributed by atoms with Gasteiger partial charge in [-0.15, -0.1) is 11.3 Å². The van der Waals surface area contributed by atoms with Gasteiger partial charge in [-0.05, 0) is 25.8 Å². The van der Waals surface area contributed by atoms with Crippen molar-refractivity contribution in [3.05, 3.63) is 15.8 Å². The molecule has 0 amide bonds. The van der Waals surface area contributed by atoms with Crippen molar-refractivity contribution in [3.8, 4) is 0 Å². The van der Waals surface area contributed by atoms with Crippen molar-refractivity contribution in [2.24, 2.45) is 0 Å². The van der Waals surface area contributed by atoms with Crippen LogP contribution in [0.15, 0.2) is 11.0 Å². The van der Waals surface area contributed by atoms with Crippen LogP contribution in [0.1, 0.15) is 36.4 Å². The van der Waals surface area contributed by atoms with Crippen LogP contribution in [0.5, 0.6) is 0 Å². The molecule has 0 aromatic carbocycles. The van der Waals surface area contributed by atoms with E-state index in [1.165, 1.54) is 11.3 Å². The van der Waals surface area contributed by atoms with E-state index >= 15 is 0 Å². The fourth-order valence-electron chi connectivity index (χ4n) is 2.32. The molecule has 120 valence electrons. The summed E-state index contributed by atoms with van der Waals surface area (Å²) in [5.74, 6) is 0. The minimum Gasteiger partial charge on any atom is -0.381 e. The zero-order chi connectivity index (χ0) is 15.6. The maximum absolute atomic E-state index is 12.4. The topological polar surface area (TPSA) is 67.4 Å². The van der Waals surface area contributed by atoms with E-state index < -0.39 is 10.0 Å². The second-order valence-corrected chi connectivity index (χ2v) is 8.84. The molecule has 5 nitrogen and oxygen atoms in total. The summed E-state index contributed by atoms with van der Waals surface area (Å²) in [6.07, 6.45) is 1.69. The van der Waals surface area contributed by atoms with Gasteiger partial charge in [-0.2, -0.15) is 0 Å². The van der Waals surface area contributed by atoms with Gasteiger partial charge >= 0.3 is 0 Å². The Morgan fingerprint density at radius 1 is 1.43 bits per heavy atom. The predicted molar refractivity (Wildman–Crippen MR) is 85.2 cm³/mol. The smallest absolute Gasteiger partial charge is 0.241 e. The molecule has 1 saturated carbocycles. The molecule has 0 saturated heterocycles. The van der Waals surface area contributed by atoms with E-state index in [0.29, 0.717) is 17.5 Å². The SMILES string of the molecule is COC1CC(NS(=O)(=O)c2cc(CNC(C)C)sc2C)C1. The van der Waals surface area contributed by atoms with Crippen molar-refractivity contribution in [3.63, 3.8) is 0 Å². The molecular formula is C14H24N2O3S2. The van der Waals surface area contributed by atoms with E-state index in [9.17, 15) is 8.42 Å². The quantitative estimate of drug-likeness (QED) is 0.801. The van der Waals surface area contributed by atoms with Crippen LogP contribution in [-0.2, 0) is 21.3 Å². The first-order valence-electron chi connectivity index (χ1n) is 7.19. The molecule has 0 aliphatic heterocycles. The zero-order valence-electron chi connectivity index (χ0n) is 13.0. The number of hydrogen-bond acceptors (Lipinski definition) is 5. The second kappa shape index (κ2) is 6.75. The third-order valence-corrected chi connectivity index (χ3v) is 6.47. The lowest BCUT2D eigenvalue weighted by Crippen LogP contribution is -2.47. The van der Waals surface area contributed by atoms with Crippen LogP contribution in [-0.4, -0.2) is 33.7 Å². The fraction of sp³-hybridized carbons (Fsp3) is 0.714. The van der Waals surface area contributed by atoms with Crippen molar-refractivity contribution in [2.75, 3.05) is 7.11 Å². The van der Waals surface area contributed by atoms with Crippen LogP contribution in [0.25, 0.3) is 0 Å². The zero-order valence-corrected chi connectivity index (χ0v) is 14.6. The normalized spacial score (nSPS) is 22.5. The van der Waals surface area contributed by atoms with Crippen molar-refractivity contribution < 1.29 is 13.2 Å². The van der Waals surface area contributed by atoms with Crippen LogP contribution in [0, 0.1) is 6.92 Å². The van der Waals surface area contributed by atoms with Crippen molar-refractivity contribution >= 4 is 21.4 Å². The van der Waals surface area contributed by atoms with Gasteiger partial charge in [0.05, 0.1) is 11.0 Å². The van der Waals surface area contributed by atoms with Crippen molar-refractivity contribution in [2.45, 2.75) is 63.2 Å². The lowest BCUT2D eigenvalue weighted by atomic mass is 9.90. The molecule has 0 spiro atoms. The number of methoxy groups -OCH3 is 1. The van der Waals surface area contributed by atoms with Crippen LogP contribution in [0.3, 0.4) is 0 Å². The Balaban J connectivity index is 2.02. The average molecular weight is 332 g/mol. The number of rotatable bonds is 7. The first-order chi connectivity index (χ1) is 9.81. The Labute approximate surface area is 131 Å². The van der Waals surface area contributed by atoms with E-state index in [1.807, 2.05) is 6.92 Å². The van der Waals surface area contributed by atoms with Crippen molar-refractivity contribution in [1.82, 2.24) is 10.0 Å². The lowest BCUT2D eigenvalue weighted by molar-refractivity contribution is 0.0236. The van der Waals surface area contributed by atoms with E-state index in [2.05, 4.69) is 23.9 Å². The first kappa shape index (κ1) is 16.9. The third kappa shape index (κ3) is 4.26. The Morgan fingerprint density at radius 3 is 2.67 bits per heavy atom. The lowest BCUT2D eigenvalue weighted by Gasteiger charge is -2.34. The van der Waals surface area contributed by atoms with Gasteiger partial charge < -0.3 is 10.1 Å². The number of sulfonamides is 1. The summed E-state index contributed by atoms with van der Waals surface area (Å²) < 4.78 is 32.8. The van der Waals surface area contributed by atoms with E-state index in [0.717, 1.165) is 22.6 Å². The predicted octanol–water partition coefficient (Wildman–Crippen LogP) is 2.01. The van der Waals surface area contributed by atoms with E-state index in [1.54, 1.807) is 13.2 Å². The molecule has 1 heterocycles. The van der Waals surface area contributed by atoms with E-state index in [4.69, 9.17) is 4.74 Å². The number of aryl methyl sites for hydroxylation is 1. The van der Waals surface area contributed by atoms with Gasteiger partial charge in [0.15, 0.2) is 0 Å². The largest absolute Gasteiger partial charge is 0.381 e. The summed E-state index contributed by atoms with van der Waals surface area (Å²) in [5.41, 5.74) is 0. The van der Waals surface area contributed by atoms with Gasteiger partial charge in [0.2, 0.25) is 10.0 Å². The average Bonchev–Trinajstić information content (AvgIpc) is 2.73. The highest BCUT2D eigenvalue weighted by atomic mass is 32.2. The van der Waals surface area contributed by atoms with Crippen LogP contribution in [0.2, 0.25) is 0 Å². The minimum absolute atomic E-state index is 0.00325. The molecule has 7 heteroatoms. The molecular weight excluding hydrogens is 308 g/mol. The molecule has 0 atom stereocenters. The molecule has 0 bridgehead atoms. The van der Waals surface area contributed by atoms with Crippen LogP contribution >= 0.6 is 11.3 Å². The van der Waals surface area contributed by atoms with Crippen molar-refractivity contribution in [1.29, 1.82) is 0 Å². The fourth-order valence-corrected chi connectivity index (χ4v) is 5.17. The molecule has 21 heavy (non-hydrogen) atoms.